The molecule has 2 unspecified atom stereocenters. The first-order chi connectivity index (χ1) is 6.95. The van der Waals surface area contributed by atoms with Gasteiger partial charge in [-0.15, -0.1) is 6.58 Å². The van der Waals surface area contributed by atoms with E-state index in [1.54, 1.807) is 0 Å². The fraction of sp³-hybridized carbons (Fsp3) is 0.444. The summed E-state index contributed by atoms with van der Waals surface area (Å²) in [5.74, 6) is -0.755. The van der Waals surface area contributed by atoms with Crippen molar-refractivity contribution < 1.29 is 22.7 Å². The van der Waals surface area contributed by atoms with Gasteiger partial charge >= 0.3 is 12.1 Å². The van der Waals surface area contributed by atoms with Gasteiger partial charge in [0.1, 0.15) is 12.1 Å². The number of halogens is 3. The van der Waals surface area contributed by atoms with Gasteiger partial charge in [-0.2, -0.15) is 13.2 Å². The molecule has 1 rings (SSSR count). The quantitative estimate of drug-likeness (QED) is 0.572. The van der Waals surface area contributed by atoms with Crippen LogP contribution in [0.2, 0.25) is 0 Å². The van der Waals surface area contributed by atoms with E-state index < -0.39 is 24.3 Å². The van der Waals surface area contributed by atoms with Crippen molar-refractivity contribution in [2.24, 2.45) is 0 Å². The average Bonchev–Trinajstić information content (AvgIpc) is 2.50. The topological polar surface area (TPSA) is 38.3 Å². The van der Waals surface area contributed by atoms with Gasteiger partial charge in [-0.1, -0.05) is 6.08 Å². The van der Waals surface area contributed by atoms with Crippen molar-refractivity contribution in [2.75, 3.05) is 6.54 Å². The van der Waals surface area contributed by atoms with E-state index in [-0.39, 0.29) is 6.54 Å². The van der Waals surface area contributed by atoms with Gasteiger partial charge in [-0.25, -0.2) is 4.79 Å². The highest BCUT2D eigenvalue weighted by molar-refractivity contribution is 5.84. The predicted molar refractivity (Wildman–Crippen MR) is 47.1 cm³/mol. The summed E-state index contributed by atoms with van der Waals surface area (Å²) in [4.78, 5) is 10.6. The van der Waals surface area contributed by atoms with Crippen molar-refractivity contribution in [1.82, 2.24) is 5.32 Å². The molecule has 0 aliphatic carbocycles. The van der Waals surface area contributed by atoms with E-state index in [9.17, 15) is 18.0 Å². The molecule has 0 aromatic heterocycles. The Bertz CT molecular complexity index is 286. The molecule has 84 valence electrons. The Morgan fingerprint density at radius 2 is 2.33 bits per heavy atom. The maximum atomic E-state index is 12.5. The van der Waals surface area contributed by atoms with E-state index in [0.29, 0.717) is 0 Å². The van der Waals surface area contributed by atoms with Gasteiger partial charge in [0, 0.05) is 12.6 Å². The molecule has 6 heteroatoms. The van der Waals surface area contributed by atoms with Gasteiger partial charge in [-0.05, 0) is 6.08 Å². The molecule has 0 saturated carbocycles. The summed E-state index contributed by atoms with van der Waals surface area (Å²) in [6.45, 7) is 3.29. The fourth-order valence-corrected chi connectivity index (χ4v) is 1.19. The maximum Gasteiger partial charge on any atom is 0.407 e. The summed E-state index contributed by atoms with van der Waals surface area (Å²) in [5, 5.41) is 2.20. The summed E-state index contributed by atoms with van der Waals surface area (Å²) in [7, 11) is 0. The standard InChI is InChI=1S/C9H10F3NO2/c1-2-5-13-8(9(10,11)12)6-3-4-7(14)15-6/h2-4,6,8,13H,1,5H2. The van der Waals surface area contributed by atoms with Crippen LogP contribution in [0.1, 0.15) is 0 Å². The SMILES string of the molecule is C=CCNC(C1C=CC(=O)O1)C(F)(F)F. The molecule has 0 aromatic carbocycles. The van der Waals surface area contributed by atoms with Crippen LogP contribution in [0.25, 0.3) is 0 Å². The van der Waals surface area contributed by atoms with Crippen LogP contribution in [0.4, 0.5) is 13.2 Å². The van der Waals surface area contributed by atoms with Crippen LogP contribution >= 0.6 is 0 Å². The highest BCUT2D eigenvalue weighted by Gasteiger charge is 2.46. The zero-order valence-electron chi connectivity index (χ0n) is 7.75. The van der Waals surface area contributed by atoms with E-state index in [2.05, 4.69) is 16.6 Å². The first-order valence-electron chi connectivity index (χ1n) is 4.25. The van der Waals surface area contributed by atoms with Crippen molar-refractivity contribution in [3.05, 3.63) is 24.8 Å². The van der Waals surface area contributed by atoms with Crippen LogP contribution in [0, 0.1) is 0 Å². The predicted octanol–water partition coefficient (Wildman–Crippen LogP) is 1.17. The Kier molecular flexibility index (Phi) is 3.52. The number of hydrogen-bond acceptors (Lipinski definition) is 3. The summed E-state index contributed by atoms with van der Waals surface area (Å²) in [5.41, 5.74) is 0. The van der Waals surface area contributed by atoms with Gasteiger partial charge in [0.2, 0.25) is 0 Å². The van der Waals surface area contributed by atoms with E-state index in [4.69, 9.17) is 0 Å². The van der Waals surface area contributed by atoms with Crippen LogP contribution in [0.3, 0.4) is 0 Å². The molecule has 0 amide bonds. The van der Waals surface area contributed by atoms with Gasteiger partial charge in [-0.3, -0.25) is 5.32 Å². The molecule has 1 aliphatic rings. The lowest BCUT2D eigenvalue weighted by molar-refractivity contribution is -0.179. The first-order valence-corrected chi connectivity index (χ1v) is 4.25. The Balaban J connectivity index is 2.68. The molecule has 1 heterocycles. The highest BCUT2D eigenvalue weighted by Crippen LogP contribution is 2.26. The smallest absolute Gasteiger partial charge is 0.407 e. The molecule has 3 nitrogen and oxygen atoms in total. The van der Waals surface area contributed by atoms with E-state index in [1.165, 1.54) is 6.08 Å². The number of carbonyl (C=O) groups excluding carboxylic acids is 1. The summed E-state index contributed by atoms with van der Waals surface area (Å²) in [6.07, 6.45) is -2.38. The lowest BCUT2D eigenvalue weighted by Gasteiger charge is -2.24. The van der Waals surface area contributed by atoms with Crippen molar-refractivity contribution in [1.29, 1.82) is 0 Å². The lowest BCUT2D eigenvalue weighted by atomic mass is 10.1. The van der Waals surface area contributed by atoms with Gasteiger partial charge in [0.05, 0.1) is 0 Å². The normalized spacial score (nSPS) is 22.6. The number of ether oxygens (including phenoxy) is 1. The second kappa shape index (κ2) is 4.48. The van der Waals surface area contributed by atoms with Crippen LogP contribution < -0.4 is 5.32 Å². The highest BCUT2D eigenvalue weighted by atomic mass is 19.4. The number of alkyl halides is 3. The zero-order chi connectivity index (χ0) is 11.5. The molecule has 2 atom stereocenters. The lowest BCUT2D eigenvalue weighted by Crippen LogP contribution is -2.50. The Hall–Kier alpha value is -1.30. The fourth-order valence-electron chi connectivity index (χ4n) is 1.19. The van der Waals surface area contributed by atoms with Crippen molar-refractivity contribution >= 4 is 5.97 Å². The monoisotopic (exact) mass is 221 g/mol. The number of carbonyl (C=O) groups is 1. The first kappa shape index (κ1) is 11.8. The van der Waals surface area contributed by atoms with Crippen molar-refractivity contribution in [3.8, 4) is 0 Å². The second-order valence-corrected chi connectivity index (χ2v) is 2.98. The largest absolute Gasteiger partial charge is 0.453 e. The minimum absolute atomic E-state index is 0.00787. The zero-order valence-corrected chi connectivity index (χ0v) is 7.75. The summed E-state index contributed by atoms with van der Waals surface area (Å²) in [6, 6.07) is -1.89. The third kappa shape index (κ3) is 3.09. The number of esters is 1. The third-order valence-corrected chi connectivity index (χ3v) is 1.84. The second-order valence-electron chi connectivity index (χ2n) is 2.98. The molecule has 1 aliphatic heterocycles. The van der Waals surface area contributed by atoms with E-state index >= 15 is 0 Å². The summed E-state index contributed by atoms with van der Waals surface area (Å²) >= 11 is 0. The van der Waals surface area contributed by atoms with Crippen LogP contribution in [0.15, 0.2) is 24.8 Å². The minimum atomic E-state index is -4.47. The van der Waals surface area contributed by atoms with Gasteiger partial charge < -0.3 is 4.74 Å². The number of nitrogens with one attached hydrogen (secondary N) is 1. The van der Waals surface area contributed by atoms with Crippen LogP contribution in [0.5, 0.6) is 0 Å². The molecular weight excluding hydrogens is 211 g/mol. The van der Waals surface area contributed by atoms with Crippen molar-refractivity contribution in [2.45, 2.75) is 18.3 Å². The molecule has 0 fully saturated rings. The summed E-state index contributed by atoms with van der Waals surface area (Å²) < 4.78 is 42.0. The number of rotatable bonds is 4. The van der Waals surface area contributed by atoms with Crippen molar-refractivity contribution in [3.63, 3.8) is 0 Å². The molecule has 0 radical (unpaired) electrons. The maximum absolute atomic E-state index is 12.5. The molecule has 0 aromatic rings. The third-order valence-electron chi connectivity index (χ3n) is 1.84. The van der Waals surface area contributed by atoms with Gasteiger partial charge in [0.15, 0.2) is 0 Å². The van der Waals surface area contributed by atoms with E-state index in [0.717, 1.165) is 12.2 Å². The number of hydrogen-bond donors (Lipinski definition) is 1. The Labute approximate surface area is 84.6 Å². The molecular formula is C9H10F3NO2. The van der Waals surface area contributed by atoms with Gasteiger partial charge in [0.25, 0.3) is 0 Å². The number of cyclic esters (lactones) is 1. The van der Waals surface area contributed by atoms with E-state index in [1.807, 2.05) is 0 Å². The Morgan fingerprint density at radius 1 is 1.67 bits per heavy atom. The molecule has 0 spiro atoms. The average molecular weight is 221 g/mol. The van der Waals surface area contributed by atoms with Crippen LogP contribution in [-0.2, 0) is 9.53 Å². The Morgan fingerprint density at radius 3 is 2.73 bits per heavy atom. The van der Waals surface area contributed by atoms with Crippen LogP contribution in [-0.4, -0.2) is 30.8 Å². The molecule has 0 saturated heterocycles. The molecule has 0 bridgehead atoms. The minimum Gasteiger partial charge on any atom is -0.453 e. The molecule has 15 heavy (non-hydrogen) atoms. The molecule has 1 N–H and O–H groups in total.